The van der Waals surface area contributed by atoms with Gasteiger partial charge in [0.2, 0.25) is 11.8 Å². The van der Waals surface area contributed by atoms with Crippen LogP contribution in [0.4, 0.5) is 0 Å². The number of nitrogens with one attached hydrogen (secondary N) is 2. The van der Waals surface area contributed by atoms with Gasteiger partial charge >= 0.3 is 0 Å². The van der Waals surface area contributed by atoms with Gasteiger partial charge in [-0.1, -0.05) is 6.92 Å². The van der Waals surface area contributed by atoms with Crippen LogP contribution in [0, 0.1) is 5.92 Å². The van der Waals surface area contributed by atoms with Crippen LogP contribution in [0.1, 0.15) is 64.7 Å². The number of rotatable bonds is 11. The summed E-state index contributed by atoms with van der Waals surface area (Å²) in [6, 6.07) is 0.236. The zero-order valence-electron chi connectivity index (χ0n) is 15.1. The van der Waals surface area contributed by atoms with Gasteiger partial charge in [-0.2, -0.15) is 0 Å². The van der Waals surface area contributed by atoms with Crippen LogP contribution in [0.15, 0.2) is 0 Å². The lowest BCUT2D eigenvalue weighted by molar-refractivity contribution is -0.123. The van der Waals surface area contributed by atoms with E-state index in [1.54, 1.807) is 7.11 Å². The van der Waals surface area contributed by atoms with E-state index in [1.807, 2.05) is 6.92 Å². The first kappa shape index (κ1) is 20.6. The zero-order valence-corrected chi connectivity index (χ0v) is 15.1. The van der Waals surface area contributed by atoms with E-state index >= 15 is 0 Å². The van der Waals surface area contributed by atoms with Crippen LogP contribution in [0.25, 0.3) is 0 Å². The first-order chi connectivity index (χ1) is 11.5. The Morgan fingerprint density at radius 1 is 1.00 bits per heavy atom. The maximum atomic E-state index is 11.9. The topological polar surface area (TPSA) is 84.5 Å². The molecule has 24 heavy (non-hydrogen) atoms. The predicted octanol–water partition coefficient (Wildman–Crippen LogP) is 1.96. The van der Waals surface area contributed by atoms with Crippen molar-refractivity contribution in [3.8, 4) is 0 Å². The standard InChI is InChI=1S/C18H32N2O4/c1-3-16(21)5-4-6-18(23)20-15-9-7-14(8-10-15)13-19-17(22)11-12-24-2/h14-15H,3-13H2,1-2H3,(H,19,22)(H,20,23). The molecule has 1 aliphatic rings. The molecule has 0 unspecified atom stereocenters. The fraction of sp³-hybridized carbons (Fsp3) is 0.833. The summed E-state index contributed by atoms with van der Waals surface area (Å²) < 4.78 is 4.88. The number of carbonyl (C=O) groups is 3. The number of hydrogen-bond donors (Lipinski definition) is 2. The molecule has 0 atom stereocenters. The predicted molar refractivity (Wildman–Crippen MR) is 92.5 cm³/mol. The minimum atomic E-state index is 0.0360. The second-order valence-corrected chi connectivity index (χ2v) is 6.58. The van der Waals surface area contributed by atoms with Gasteiger partial charge in [0.05, 0.1) is 6.61 Å². The van der Waals surface area contributed by atoms with Crippen LogP contribution in [0.3, 0.4) is 0 Å². The van der Waals surface area contributed by atoms with Crippen molar-refractivity contribution in [1.29, 1.82) is 0 Å². The van der Waals surface area contributed by atoms with Crippen LogP contribution in [0.2, 0.25) is 0 Å². The molecule has 1 aliphatic carbocycles. The molecule has 6 nitrogen and oxygen atoms in total. The number of Topliss-reactive ketones (excluding diaryl/α,β-unsaturated/α-hetero) is 1. The minimum absolute atomic E-state index is 0.0360. The van der Waals surface area contributed by atoms with E-state index in [9.17, 15) is 14.4 Å². The van der Waals surface area contributed by atoms with Crippen LogP contribution in [-0.2, 0) is 19.1 Å². The van der Waals surface area contributed by atoms with Crippen molar-refractivity contribution < 1.29 is 19.1 Å². The van der Waals surface area contributed by atoms with E-state index < -0.39 is 0 Å². The van der Waals surface area contributed by atoms with Crippen LogP contribution >= 0.6 is 0 Å². The Labute approximate surface area is 145 Å². The largest absolute Gasteiger partial charge is 0.384 e. The third kappa shape index (κ3) is 9.01. The second kappa shape index (κ2) is 12.0. The number of methoxy groups -OCH3 is 1. The van der Waals surface area contributed by atoms with Crippen molar-refractivity contribution in [2.45, 2.75) is 70.8 Å². The third-order valence-electron chi connectivity index (χ3n) is 4.59. The van der Waals surface area contributed by atoms with Crippen LogP contribution < -0.4 is 10.6 Å². The van der Waals surface area contributed by atoms with Crippen molar-refractivity contribution in [3.63, 3.8) is 0 Å². The Hall–Kier alpha value is -1.43. The van der Waals surface area contributed by atoms with E-state index in [0.717, 1.165) is 25.7 Å². The molecule has 1 fully saturated rings. The average molecular weight is 340 g/mol. The lowest BCUT2D eigenvalue weighted by atomic mass is 9.86. The number of ketones is 1. The summed E-state index contributed by atoms with van der Waals surface area (Å²) >= 11 is 0. The molecular formula is C18H32N2O4. The Morgan fingerprint density at radius 3 is 2.33 bits per heavy atom. The van der Waals surface area contributed by atoms with Crippen LogP contribution in [-0.4, -0.2) is 43.9 Å². The van der Waals surface area contributed by atoms with E-state index in [1.165, 1.54) is 0 Å². The number of amides is 2. The quantitative estimate of drug-likeness (QED) is 0.602. The highest BCUT2D eigenvalue weighted by molar-refractivity contribution is 5.80. The minimum Gasteiger partial charge on any atom is -0.384 e. The smallest absolute Gasteiger partial charge is 0.222 e. The summed E-state index contributed by atoms with van der Waals surface area (Å²) in [6.45, 7) is 3.01. The van der Waals surface area contributed by atoms with Gasteiger partial charge in [0, 0.05) is 45.4 Å². The zero-order chi connectivity index (χ0) is 17.8. The SMILES string of the molecule is CCC(=O)CCCC(=O)NC1CCC(CNC(=O)CCOC)CC1. The fourth-order valence-electron chi connectivity index (χ4n) is 2.97. The summed E-state index contributed by atoms with van der Waals surface area (Å²) in [5.41, 5.74) is 0. The van der Waals surface area contributed by atoms with Crippen molar-refractivity contribution in [2.75, 3.05) is 20.3 Å². The van der Waals surface area contributed by atoms with E-state index in [2.05, 4.69) is 10.6 Å². The van der Waals surface area contributed by atoms with Crippen LogP contribution in [0.5, 0.6) is 0 Å². The van der Waals surface area contributed by atoms with Gasteiger partial charge in [0.15, 0.2) is 0 Å². The number of ether oxygens (including phenoxy) is 1. The highest BCUT2D eigenvalue weighted by atomic mass is 16.5. The summed E-state index contributed by atoms with van der Waals surface area (Å²) in [6.07, 6.45) is 6.47. The summed E-state index contributed by atoms with van der Waals surface area (Å²) in [5.74, 6) is 0.798. The first-order valence-corrected chi connectivity index (χ1v) is 9.11. The Balaban J connectivity index is 2.11. The normalized spacial score (nSPS) is 20.4. The highest BCUT2D eigenvalue weighted by Crippen LogP contribution is 2.23. The Kier molecular flexibility index (Phi) is 10.3. The summed E-state index contributed by atoms with van der Waals surface area (Å²) in [4.78, 5) is 34.7. The molecule has 0 aliphatic heterocycles. The molecule has 0 aromatic carbocycles. The molecule has 2 amide bonds. The molecule has 0 heterocycles. The average Bonchev–Trinajstić information content (AvgIpc) is 2.59. The van der Waals surface area contributed by atoms with Gasteiger partial charge in [0.1, 0.15) is 5.78 Å². The monoisotopic (exact) mass is 340 g/mol. The molecule has 0 spiro atoms. The molecular weight excluding hydrogens is 308 g/mol. The molecule has 1 rings (SSSR count). The van der Waals surface area contributed by atoms with Gasteiger partial charge in [-0.25, -0.2) is 0 Å². The van der Waals surface area contributed by atoms with Crippen molar-refractivity contribution in [2.24, 2.45) is 5.92 Å². The number of hydrogen-bond acceptors (Lipinski definition) is 4. The lowest BCUT2D eigenvalue weighted by Gasteiger charge is -2.29. The van der Waals surface area contributed by atoms with E-state index in [0.29, 0.717) is 51.2 Å². The maximum Gasteiger partial charge on any atom is 0.222 e. The second-order valence-electron chi connectivity index (χ2n) is 6.58. The van der Waals surface area contributed by atoms with Crippen molar-refractivity contribution in [3.05, 3.63) is 0 Å². The van der Waals surface area contributed by atoms with Gasteiger partial charge in [-0.3, -0.25) is 14.4 Å². The molecule has 6 heteroatoms. The highest BCUT2D eigenvalue weighted by Gasteiger charge is 2.22. The van der Waals surface area contributed by atoms with Gasteiger partial charge < -0.3 is 15.4 Å². The molecule has 0 bridgehead atoms. The van der Waals surface area contributed by atoms with Gasteiger partial charge in [-0.05, 0) is 38.0 Å². The molecule has 138 valence electrons. The molecule has 1 saturated carbocycles. The lowest BCUT2D eigenvalue weighted by Crippen LogP contribution is -2.39. The third-order valence-corrected chi connectivity index (χ3v) is 4.59. The van der Waals surface area contributed by atoms with Gasteiger partial charge in [0.25, 0.3) is 0 Å². The van der Waals surface area contributed by atoms with E-state index in [4.69, 9.17) is 4.74 Å². The maximum absolute atomic E-state index is 11.9. The molecule has 0 aromatic heterocycles. The fourth-order valence-corrected chi connectivity index (χ4v) is 2.97. The number of carbonyl (C=O) groups excluding carboxylic acids is 3. The summed E-state index contributed by atoms with van der Waals surface area (Å²) in [7, 11) is 1.59. The summed E-state index contributed by atoms with van der Waals surface area (Å²) in [5, 5.41) is 6.02. The van der Waals surface area contributed by atoms with E-state index in [-0.39, 0.29) is 23.6 Å². The van der Waals surface area contributed by atoms with Crippen molar-refractivity contribution >= 4 is 17.6 Å². The Morgan fingerprint density at radius 2 is 1.71 bits per heavy atom. The molecule has 2 N–H and O–H groups in total. The molecule has 0 radical (unpaired) electrons. The first-order valence-electron chi connectivity index (χ1n) is 9.11. The van der Waals surface area contributed by atoms with Gasteiger partial charge in [-0.15, -0.1) is 0 Å². The molecule has 0 saturated heterocycles. The van der Waals surface area contributed by atoms with Crippen molar-refractivity contribution in [1.82, 2.24) is 10.6 Å². The Bertz CT molecular complexity index is 404. The molecule has 0 aromatic rings.